The van der Waals surface area contributed by atoms with Crippen LogP contribution in [0.15, 0.2) is 53.9 Å². The van der Waals surface area contributed by atoms with Gasteiger partial charge in [-0.2, -0.15) is 0 Å². The van der Waals surface area contributed by atoms with Gasteiger partial charge in [0.25, 0.3) is 0 Å². The smallest absolute Gasteiger partial charge is 0.131 e. The van der Waals surface area contributed by atoms with Crippen LogP contribution in [0.4, 0.5) is 11.4 Å². The first-order valence-corrected chi connectivity index (χ1v) is 9.13. The highest BCUT2D eigenvalue weighted by Crippen LogP contribution is 2.24. The molecule has 1 heterocycles. The van der Waals surface area contributed by atoms with Crippen LogP contribution < -0.4 is 15.0 Å². The van der Waals surface area contributed by atoms with Crippen molar-refractivity contribution < 1.29 is 4.74 Å². The maximum atomic E-state index is 5.79. The van der Waals surface area contributed by atoms with Crippen molar-refractivity contribution in [2.24, 2.45) is 0 Å². The standard InChI is InChI=1S/C20H23N3OS/c1-15-22-17(14-25-15)13-24-18-10-8-16(9-11-18)12-21-19-6-4-5-7-20(19)23(2)3/h4-11,14,21H,12-13H2,1-3H3. The number of hydrogen-bond acceptors (Lipinski definition) is 5. The van der Waals surface area contributed by atoms with Crippen molar-refractivity contribution in [1.29, 1.82) is 0 Å². The van der Waals surface area contributed by atoms with E-state index in [9.17, 15) is 0 Å². The summed E-state index contributed by atoms with van der Waals surface area (Å²) in [5.74, 6) is 0.864. The molecule has 0 atom stereocenters. The molecule has 0 amide bonds. The van der Waals surface area contributed by atoms with E-state index in [1.807, 2.05) is 30.5 Å². The molecule has 3 aromatic rings. The van der Waals surface area contributed by atoms with E-state index in [0.29, 0.717) is 6.61 Å². The molecule has 1 aromatic heterocycles. The number of anilines is 2. The van der Waals surface area contributed by atoms with Gasteiger partial charge in [0.05, 0.1) is 22.1 Å². The Bertz CT molecular complexity index is 812. The topological polar surface area (TPSA) is 37.4 Å². The van der Waals surface area contributed by atoms with E-state index in [2.05, 4.69) is 59.6 Å². The van der Waals surface area contributed by atoms with Crippen molar-refractivity contribution in [3.8, 4) is 5.75 Å². The molecule has 0 aliphatic heterocycles. The normalized spacial score (nSPS) is 10.5. The predicted molar refractivity (Wildman–Crippen MR) is 106 cm³/mol. The van der Waals surface area contributed by atoms with Crippen LogP contribution in [0.3, 0.4) is 0 Å². The van der Waals surface area contributed by atoms with Crippen LogP contribution in [0, 0.1) is 6.92 Å². The Hall–Kier alpha value is -2.53. The Morgan fingerprint density at radius 3 is 2.52 bits per heavy atom. The summed E-state index contributed by atoms with van der Waals surface area (Å²) >= 11 is 1.65. The zero-order chi connectivity index (χ0) is 17.6. The summed E-state index contributed by atoms with van der Waals surface area (Å²) in [6, 6.07) is 16.5. The van der Waals surface area contributed by atoms with E-state index in [0.717, 1.165) is 28.7 Å². The van der Waals surface area contributed by atoms with Crippen LogP contribution in [0.5, 0.6) is 5.75 Å². The summed E-state index contributed by atoms with van der Waals surface area (Å²) in [6.07, 6.45) is 0. The lowest BCUT2D eigenvalue weighted by molar-refractivity contribution is 0.302. The average Bonchev–Trinajstić information content (AvgIpc) is 3.04. The third-order valence-electron chi connectivity index (χ3n) is 3.85. The Morgan fingerprint density at radius 1 is 1.08 bits per heavy atom. The lowest BCUT2D eigenvalue weighted by Gasteiger charge is -2.18. The SMILES string of the molecule is Cc1nc(COc2ccc(CNc3ccccc3N(C)C)cc2)cs1. The molecule has 0 saturated heterocycles. The molecular weight excluding hydrogens is 330 g/mol. The number of benzene rings is 2. The number of nitrogens with one attached hydrogen (secondary N) is 1. The molecule has 0 saturated carbocycles. The number of thiazole rings is 1. The fourth-order valence-electron chi connectivity index (χ4n) is 2.55. The fourth-order valence-corrected chi connectivity index (χ4v) is 3.14. The van der Waals surface area contributed by atoms with Crippen LogP contribution in [-0.4, -0.2) is 19.1 Å². The Balaban J connectivity index is 1.56. The maximum Gasteiger partial charge on any atom is 0.131 e. The second-order valence-electron chi connectivity index (χ2n) is 6.06. The Labute approximate surface area is 153 Å². The predicted octanol–water partition coefficient (Wildman–Crippen LogP) is 4.71. The van der Waals surface area contributed by atoms with Crippen LogP contribution in [0.1, 0.15) is 16.3 Å². The molecule has 3 rings (SSSR count). The third kappa shape index (κ3) is 4.73. The molecule has 4 nitrogen and oxygen atoms in total. The highest BCUT2D eigenvalue weighted by atomic mass is 32.1. The Kier molecular flexibility index (Phi) is 5.56. The molecule has 0 aliphatic carbocycles. The maximum absolute atomic E-state index is 5.79. The molecule has 5 heteroatoms. The summed E-state index contributed by atoms with van der Waals surface area (Å²) in [5.41, 5.74) is 4.51. The van der Waals surface area contributed by atoms with E-state index in [1.54, 1.807) is 11.3 Å². The summed E-state index contributed by atoms with van der Waals surface area (Å²) < 4.78 is 5.79. The number of ether oxygens (including phenoxy) is 1. The largest absolute Gasteiger partial charge is 0.487 e. The van der Waals surface area contributed by atoms with Gasteiger partial charge in [0, 0.05) is 26.0 Å². The first-order valence-electron chi connectivity index (χ1n) is 8.25. The van der Waals surface area contributed by atoms with E-state index in [4.69, 9.17) is 4.74 Å². The lowest BCUT2D eigenvalue weighted by atomic mass is 10.2. The van der Waals surface area contributed by atoms with Gasteiger partial charge in [-0.05, 0) is 36.8 Å². The van der Waals surface area contributed by atoms with Crippen molar-refractivity contribution in [3.63, 3.8) is 0 Å². The van der Waals surface area contributed by atoms with E-state index >= 15 is 0 Å². The van der Waals surface area contributed by atoms with Gasteiger partial charge < -0.3 is 15.0 Å². The van der Waals surface area contributed by atoms with Crippen molar-refractivity contribution in [2.45, 2.75) is 20.1 Å². The van der Waals surface area contributed by atoms with Crippen molar-refractivity contribution in [3.05, 3.63) is 70.2 Å². The minimum atomic E-state index is 0.512. The van der Waals surface area contributed by atoms with Crippen LogP contribution >= 0.6 is 11.3 Å². The summed E-state index contributed by atoms with van der Waals surface area (Å²) in [4.78, 5) is 6.52. The minimum absolute atomic E-state index is 0.512. The number of para-hydroxylation sites is 2. The third-order valence-corrected chi connectivity index (χ3v) is 4.67. The van der Waals surface area contributed by atoms with E-state index < -0.39 is 0 Å². The second kappa shape index (κ2) is 8.03. The van der Waals surface area contributed by atoms with Gasteiger partial charge in [-0.15, -0.1) is 11.3 Å². The molecule has 25 heavy (non-hydrogen) atoms. The molecule has 0 radical (unpaired) electrons. The second-order valence-corrected chi connectivity index (χ2v) is 7.12. The number of nitrogens with zero attached hydrogens (tertiary/aromatic N) is 2. The molecule has 0 unspecified atom stereocenters. The van der Waals surface area contributed by atoms with Crippen LogP contribution in [0.2, 0.25) is 0 Å². The first kappa shape index (κ1) is 17.3. The van der Waals surface area contributed by atoms with Crippen molar-refractivity contribution >= 4 is 22.7 Å². The van der Waals surface area contributed by atoms with E-state index in [1.165, 1.54) is 11.3 Å². The summed E-state index contributed by atoms with van der Waals surface area (Å²) in [6.45, 7) is 3.29. The monoisotopic (exact) mass is 353 g/mol. The van der Waals surface area contributed by atoms with Crippen molar-refractivity contribution in [2.75, 3.05) is 24.3 Å². The van der Waals surface area contributed by atoms with Gasteiger partial charge in [-0.3, -0.25) is 0 Å². The molecule has 130 valence electrons. The molecule has 0 spiro atoms. The summed E-state index contributed by atoms with van der Waals surface area (Å²) in [7, 11) is 4.10. The van der Waals surface area contributed by atoms with Gasteiger partial charge in [0.2, 0.25) is 0 Å². The molecular formula is C20H23N3OS. The number of aromatic nitrogens is 1. The molecule has 0 fully saturated rings. The fraction of sp³-hybridized carbons (Fsp3) is 0.250. The lowest BCUT2D eigenvalue weighted by Crippen LogP contribution is -2.12. The van der Waals surface area contributed by atoms with Gasteiger partial charge in [-0.25, -0.2) is 4.98 Å². The summed E-state index contributed by atoms with van der Waals surface area (Å²) in [5, 5.41) is 6.60. The van der Waals surface area contributed by atoms with Crippen molar-refractivity contribution in [1.82, 2.24) is 4.98 Å². The van der Waals surface area contributed by atoms with E-state index in [-0.39, 0.29) is 0 Å². The number of hydrogen-bond donors (Lipinski definition) is 1. The highest BCUT2D eigenvalue weighted by Gasteiger charge is 2.04. The zero-order valence-electron chi connectivity index (χ0n) is 14.8. The quantitative estimate of drug-likeness (QED) is 0.667. The molecule has 2 aromatic carbocycles. The van der Waals surface area contributed by atoms with Gasteiger partial charge in [0.15, 0.2) is 0 Å². The first-order chi connectivity index (χ1) is 12.1. The van der Waals surface area contributed by atoms with Gasteiger partial charge in [0.1, 0.15) is 12.4 Å². The molecule has 1 N–H and O–H groups in total. The zero-order valence-corrected chi connectivity index (χ0v) is 15.6. The Morgan fingerprint density at radius 2 is 1.84 bits per heavy atom. The highest BCUT2D eigenvalue weighted by molar-refractivity contribution is 7.09. The minimum Gasteiger partial charge on any atom is -0.487 e. The molecule has 0 bridgehead atoms. The number of aryl methyl sites for hydroxylation is 1. The molecule has 0 aliphatic rings. The van der Waals surface area contributed by atoms with Gasteiger partial charge in [-0.1, -0.05) is 24.3 Å². The average molecular weight is 353 g/mol. The van der Waals surface area contributed by atoms with Crippen LogP contribution in [-0.2, 0) is 13.2 Å². The van der Waals surface area contributed by atoms with Gasteiger partial charge >= 0.3 is 0 Å². The number of rotatable bonds is 7. The van der Waals surface area contributed by atoms with Crippen LogP contribution in [0.25, 0.3) is 0 Å².